The van der Waals surface area contributed by atoms with Crippen LogP contribution in [0.25, 0.3) is 0 Å². The second-order valence-corrected chi connectivity index (χ2v) is 5.25. The van der Waals surface area contributed by atoms with Crippen LogP contribution >= 0.6 is 11.8 Å². The first-order chi connectivity index (χ1) is 9.38. The third-order valence-corrected chi connectivity index (χ3v) is 4.13. The third-order valence-electron chi connectivity index (χ3n) is 2.98. The van der Waals surface area contributed by atoms with Gasteiger partial charge in [0.25, 0.3) is 0 Å². The van der Waals surface area contributed by atoms with Crippen molar-refractivity contribution < 1.29 is 4.74 Å². The molecule has 0 spiro atoms. The summed E-state index contributed by atoms with van der Waals surface area (Å²) in [7, 11) is 0. The second kappa shape index (κ2) is 5.56. The highest BCUT2D eigenvalue weighted by atomic mass is 32.2. The largest absolute Gasteiger partial charge is 0.486 e. The number of ether oxygens (including phenoxy) is 1. The topological polar surface area (TPSA) is 73.1 Å². The van der Waals surface area contributed by atoms with E-state index < -0.39 is 0 Å². The molecule has 5 nitrogen and oxygen atoms in total. The first-order valence-electron chi connectivity index (χ1n) is 5.99. The smallest absolute Gasteiger partial charge is 0.133 e. The third kappa shape index (κ3) is 2.56. The molecule has 3 rings (SSSR count). The van der Waals surface area contributed by atoms with Gasteiger partial charge in [0.1, 0.15) is 17.9 Å². The van der Waals surface area contributed by atoms with Gasteiger partial charge in [0, 0.05) is 23.0 Å². The van der Waals surface area contributed by atoms with Crippen molar-refractivity contribution in [1.82, 2.24) is 15.4 Å². The Morgan fingerprint density at radius 2 is 2.26 bits per heavy atom. The highest BCUT2D eigenvalue weighted by Gasteiger charge is 2.29. The lowest BCUT2D eigenvalue weighted by Gasteiger charge is -2.30. The number of benzene rings is 1. The van der Waals surface area contributed by atoms with Crippen LogP contribution in [0.2, 0.25) is 0 Å². The van der Waals surface area contributed by atoms with Gasteiger partial charge in [-0.2, -0.15) is 0 Å². The molecule has 0 saturated carbocycles. The summed E-state index contributed by atoms with van der Waals surface area (Å²) in [5.74, 6) is 7.37. The molecule has 1 aliphatic rings. The zero-order chi connectivity index (χ0) is 13.1. The maximum Gasteiger partial charge on any atom is 0.133 e. The molecule has 2 atom stereocenters. The minimum Gasteiger partial charge on any atom is -0.486 e. The van der Waals surface area contributed by atoms with Gasteiger partial charge in [-0.15, -0.1) is 11.8 Å². The van der Waals surface area contributed by atoms with Crippen molar-refractivity contribution in [2.24, 2.45) is 5.84 Å². The standard InChI is InChI=1S/C13H14N4OS/c14-17-13(9-7-15-5-6-16-9)11-8-19-12-4-2-1-3-10(12)18-11/h1-7,11,13,17H,8,14H2. The Morgan fingerprint density at radius 1 is 1.37 bits per heavy atom. The molecule has 98 valence electrons. The molecule has 2 heterocycles. The molecule has 2 unspecified atom stereocenters. The Hall–Kier alpha value is -1.63. The molecule has 1 aromatic carbocycles. The number of aromatic nitrogens is 2. The second-order valence-electron chi connectivity index (χ2n) is 4.19. The number of nitrogens with two attached hydrogens (primary N) is 1. The van der Waals surface area contributed by atoms with E-state index in [0.29, 0.717) is 0 Å². The lowest BCUT2D eigenvalue weighted by Crippen LogP contribution is -2.42. The van der Waals surface area contributed by atoms with Crippen LogP contribution in [-0.2, 0) is 0 Å². The summed E-state index contributed by atoms with van der Waals surface area (Å²) in [6.45, 7) is 0. The number of hydrazine groups is 1. The van der Waals surface area contributed by atoms with Crippen molar-refractivity contribution in [1.29, 1.82) is 0 Å². The van der Waals surface area contributed by atoms with Crippen LogP contribution in [0.5, 0.6) is 5.75 Å². The zero-order valence-electron chi connectivity index (χ0n) is 10.2. The summed E-state index contributed by atoms with van der Waals surface area (Å²) >= 11 is 1.77. The van der Waals surface area contributed by atoms with Crippen LogP contribution in [0.1, 0.15) is 11.7 Å². The van der Waals surface area contributed by atoms with Crippen molar-refractivity contribution in [2.75, 3.05) is 5.75 Å². The summed E-state index contributed by atoms with van der Waals surface area (Å²) in [5, 5.41) is 0. The van der Waals surface area contributed by atoms with Crippen molar-refractivity contribution in [3.63, 3.8) is 0 Å². The molecular formula is C13H14N4OS. The number of nitrogens with one attached hydrogen (secondary N) is 1. The van der Waals surface area contributed by atoms with Crippen LogP contribution in [-0.4, -0.2) is 21.8 Å². The normalized spacial score (nSPS) is 19.3. The Balaban J connectivity index is 1.83. The van der Waals surface area contributed by atoms with Gasteiger partial charge < -0.3 is 4.74 Å². The van der Waals surface area contributed by atoms with Gasteiger partial charge in [0.15, 0.2) is 0 Å². The quantitative estimate of drug-likeness (QED) is 0.653. The van der Waals surface area contributed by atoms with Crippen molar-refractivity contribution in [3.8, 4) is 5.75 Å². The Kier molecular flexibility index (Phi) is 3.63. The van der Waals surface area contributed by atoms with Crippen LogP contribution in [0.4, 0.5) is 0 Å². The predicted octanol–water partition coefficient (Wildman–Crippen LogP) is 1.53. The minimum absolute atomic E-state index is 0.0680. The van der Waals surface area contributed by atoms with Crippen LogP contribution in [0.15, 0.2) is 47.8 Å². The lowest BCUT2D eigenvalue weighted by atomic mass is 10.1. The molecule has 6 heteroatoms. The predicted molar refractivity (Wildman–Crippen MR) is 73.7 cm³/mol. The van der Waals surface area contributed by atoms with E-state index in [-0.39, 0.29) is 12.1 Å². The minimum atomic E-state index is -0.172. The fraction of sp³-hybridized carbons (Fsp3) is 0.231. The fourth-order valence-corrected chi connectivity index (χ4v) is 3.09. The number of thioether (sulfide) groups is 1. The van der Waals surface area contributed by atoms with Crippen LogP contribution in [0.3, 0.4) is 0 Å². The summed E-state index contributed by atoms with van der Waals surface area (Å²) in [4.78, 5) is 9.52. The van der Waals surface area contributed by atoms with Gasteiger partial charge in [-0.25, -0.2) is 5.43 Å². The number of para-hydroxylation sites is 1. The van der Waals surface area contributed by atoms with Crippen LogP contribution < -0.4 is 16.0 Å². The maximum atomic E-state index is 6.01. The van der Waals surface area contributed by atoms with Gasteiger partial charge in [0.2, 0.25) is 0 Å². The average Bonchev–Trinajstić information content (AvgIpc) is 2.49. The monoisotopic (exact) mass is 274 g/mol. The number of hydrogen-bond acceptors (Lipinski definition) is 6. The molecule has 0 saturated heterocycles. The van der Waals surface area contributed by atoms with E-state index in [4.69, 9.17) is 10.6 Å². The molecule has 3 N–H and O–H groups in total. The molecular weight excluding hydrogens is 260 g/mol. The van der Waals surface area contributed by atoms with Crippen LogP contribution in [0, 0.1) is 0 Å². The van der Waals surface area contributed by atoms with Gasteiger partial charge in [0.05, 0.1) is 11.9 Å². The zero-order valence-corrected chi connectivity index (χ0v) is 11.0. The van der Waals surface area contributed by atoms with E-state index >= 15 is 0 Å². The lowest BCUT2D eigenvalue weighted by molar-refractivity contribution is 0.164. The van der Waals surface area contributed by atoms with E-state index in [0.717, 1.165) is 22.1 Å². The first kappa shape index (κ1) is 12.4. The number of hydrogen-bond donors (Lipinski definition) is 2. The molecule has 0 aliphatic carbocycles. The first-order valence-corrected chi connectivity index (χ1v) is 6.97. The molecule has 1 aliphatic heterocycles. The summed E-state index contributed by atoms with van der Waals surface area (Å²) in [5.41, 5.74) is 3.57. The van der Waals surface area contributed by atoms with E-state index in [1.165, 1.54) is 0 Å². The van der Waals surface area contributed by atoms with Crippen molar-refractivity contribution in [2.45, 2.75) is 17.0 Å². The van der Waals surface area contributed by atoms with Crippen molar-refractivity contribution in [3.05, 3.63) is 48.5 Å². The summed E-state index contributed by atoms with van der Waals surface area (Å²) in [6, 6.07) is 7.84. The Bertz CT molecular complexity index is 551. The average molecular weight is 274 g/mol. The number of nitrogens with zero attached hydrogens (tertiary/aromatic N) is 2. The van der Waals surface area contributed by atoms with E-state index in [1.54, 1.807) is 30.4 Å². The van der Waals surface area contributed by atoms with Gasteiger partial charge in [-0.05, 0) is 12.1 Å². The van der Waals surface area contributed by atoms with Gasteiger partial charge >= 0.3 is 0 Å². The van der Waals surface area contributed by atoms with Crippen molar-refractivity contribution >= 4 is 11.8 Å². The van der Waals surface area contributed by atoms with Gasteiger partial charge in [-0.1, -0.05) is 12.1 Å². The molecule has 2 aromatic rings. The Labute approximate surface area is 115 Å². The summed E-state index contributed by atoms with van der Waals surface area (Å²) in [6.07, 6.45) is 4.94. The van der Waals surface area contributed by atoms with E-state index in [1.807, 2.05) is 18.2 Å². The van der Waals surface area contributed by atoms with E-state index in [9.17, 15) is 0 Å². The van der Waals surface area contributed by atoms with Gasteiger partial charge in [-0.3, -0.25) is 15.8 Å². The summed E-state index contributed by atoms with van der Waals surface area (Å²) < 4.78 is 6.01. The highest BCUT2D eigenvalue weighted by molar-refractivity contribution is 7.99. The molecule has 0 bridgehead atoms. The molecule has 19 heavy (non-hydrogen) atoms. The molecule has 0 radical (unpaired) electrons. The molecule has 0 fully saturated rings. The number of rotatable bonds is 3. The maximum absolute atomic E-state index is 6.01. The Morgan fingerprint density at radius 3 is 3.05 bits per heavy atom. The van der Waals surface area contributed by atoms with E-state index in [2.05, 4.69) is 21.5 Å². The number of fused-ring (bicyclic) bond motifs is 1. The SMILES string of the molecule is NNC(c1cnccn1)C1CSc2ccccc2O1. The molecule has 1 aromatic heterocycles. The fourth-order valence-electron chi connectivity index (χ4n) is 2.05. The highest BCUT2D eigenvalue weighted by Crippen LogP contribution is 2.37. The molecule has 0 amide bonds.